The molecule has 2 N–H and O–H groups in total. The molecule has 0 saturated heterocycles. The van der Waals surface area contributed by atoms with Crippen LogP contribution in [-0.4, -0.2) is 24.0 Å². The molecule has 0 unspecified atom stereocenters. The molecule has 0 aliphatic heterocycles. The maximum absolute atomic E-state index is 13.7. The Kier molecular flexibility index (Phi) is 8.85. The summed E-state index contributed by atoms with van der Waals surface area (Å²) in [6.07, 6.45) is 7.76. The van der Waals surface area contributed by atoms with Crippen LogP contribution in [0, 0.1) is 11.6 Å². The van der Waals surface area contributed by atoms with Crippen LogP contribution < -0.4 is 9.39 Å². The maximum Gasteiger partial charge on any atom is 0.707 e. The summed E-state index contributed by atoms with van der Waals surface area (Å²) in [5.41, 5.74) is 0. The summed E-state index contributed by atoms with van der Waals surface area (Å²) in [6.45, 7) is 2.48. The van der Waals surface area contributed by atoms with Crippen LogP contribution in [0.1, 0.15) is 51.9 Å². The summed E-state index contributed by atoms with van der Waals surface area (Å²) < 4.78 is 36.8. The molecule has 0 fully saturated rings. The van der Waals surface area contributed by atoms with Crippen LogP contribution in [0.3, 0.4) is 0 Å². The van der Waals surface area contributed by atoms with Gasteiger partial charge in [0.2, 0.25) is 11.6 Å². The van der Waals surface area contributed by atoms with E-state index in [0.717, 1.165) is 25.3 Å². The van der Waals surface area contributed by atoms with Gasteiger partial charge < -0.3 is 19.4 Å². The average molecular weight is 316 g/mol. The van der Waals surface area contributed by atoms with Gasteiger partial charge in [0.15, 0.2) is 5.75 Å². The van der Waals surface area contributed by atoms with Gasteiger partial charge in [-0.1, -0.05) is 45.4 Å². The standard InChI is InChI=1S/C15H23BF2O4/c1-2-3-4-5-6-7-8-11-21-12-9-10-13(22-16(19)20)15(18)14(12)17/h9-10,19-20H,2-8,11H2,1H3. The summed E-state index contributed by atoms with van der Waals surface area (Å²) in [4.78, 5) is 0. The second-order valence-corrected chi connectivity index (χ2v) is 5.10. The molecule has 0 radical (unpaired) electrons. The van der Waals surface area contributed by atoms with Crippen LogP contribution in [0.15, 0.2) is 12.1 Å². The molecule has 0 atom stereocenters. The monoisotopic (exact) mass is 316 g/mol. The second kappa shape index (κ2) is 10.4. The average Bonchev–Trinajstić information content (AvgIpc) is 2.48. The van der Waals surface area contributed by atoms with Crippen molar-refractivity contribution in [1.29, 1.82) is 0 Å². The molecule has 0 bridgehead atoms. The van der Waals surface area contributed by atoms with E-state index >= 15 is 0 Å². The summed E-state index contributed by atoms with van der Waals surface area (Å²) in [6, 6.07) is 2.30. The molecule has 0 saturated carbocycles. The molecular formula is C15H23BF2O4. The summed E-state index contributed by atoms with van der Waals surface area (Å²) >= 11 is 0. The lowest BCUT2D eigenvalue weighted by Gasteiger charge is -2.11. The quantitative estimate of drug-likeness (QED) is 0.485. The third-order valence-corrected chi connectivity index (χ3v) is 3.25. The van der Waals surface area contributed by atoms with Crippen LogP contribution in [0.25, 0.3) is 0 Å². The van der Waals surface area contributed by atoms with Crippen molar-refractivity contribution in [3.05, 3.63) is 23.8 Å². The minimum atomic E-state index is -2.20. The molecule has 7 heteroatoms. The van der Waals surface area contributed by atoms with Gasteiger partial charge in [0.1, 0.15) is 5.75 Å². The van der Waals surface area contributed by atoms with E-state index in [0.29, 0.717) is 6.61 Å². The first kappa shape index (κ1) is 18.7. The van der Waals surface area contributed by atoms with Crippen molar-refractivity contribution in [1.82, 2.24) is 0 Å². The Morgan fingerprint density at radius 2 is 1.45 bits per heavy atom. The molecule has 1 aromatic carbocycles. The van der Waals surface area contributed by atoms with Crippen molar-refractivity contribution < 1.29 is 28.2 Å². The molecule has 0 spiro atoms. The predicted octanol–water partition coefficient (Wildman–Crippen LogP) is 3.44. The molecule has 0 aliphatic carbocycles. The van der Waals surface area contributed by atoms with E-state index in [-0.39, 0.29) is 5.75 Å². The van der Waals surface area contributed by atoms with E-state index in [4.69, 9.17) is 14.8 Å². The largest absolute Gasteiger partial charge is 0.707 e. The van der Waals surface area contributed by atoms with Crippen LogP contribution in [0.2, 0.25) is 0 Å². The molecule has 1 rings (SSSR count). The van der Waals surface area contributed by atoms with E-state index in [1.54, 1.807) is 0 Å². The molecule has 0 aliphatic rings. The fraction of sp³-hybridized carbons (Fsp3) is 0.600. The van der Waals surface area contributed by atoms with Crippen LogP contribution in [0.5, 0.6) is 11.5 Å². The first-order valence-corrected chi connectivity index (χ1v) is 7.69. The zero-order chi connectivity index (χ0) is 16.4. The van der Waals surface area contributed by atoms with Gasteiger partial charge >= 0.3 is 7.32 Å². The SMILES string of the molecule is CCCCCCCCCOc1ccc(OB(O)O)c(F)c1F. The Morgan fingerprint density at radius 1 is 0.909 bits per heavy atom. The summed E-state index contributed by atoms with van der Waals surface area (Å²) in [5.74, 6) is -3.27. The number of rotatable bonds is 11. The Hall–Kier alpha value is -1.34. The highest BCUT2D eigenvalue weighted by Crippen LogP contribution is 2.27. The van der Waals surface area contributed by atoms with E-state index < -0.39 is 24.7 Å². The smallest absolute Gasteiger partial charge is 0.509 e. The lowest BCUT2D eigenvalue weighted by atomic mass is 10.1. The number of ether oxygens (including phenoxy) is 1. The second-order valence-electron chi connectivity index (χ2n) is 5.10. The van der Waals surface area contributed by atoms with Gasteiger partial charge in [-0.2, -0.15) is 8.78 Å². The normalized spacial score (nSPS) is 10.6. The van der Waals surface area contributed by atoms with Gasteiger partial charge in [0, 0.05) is 0 Å². The van der Waals surface area contributed by atoms with Crippen molar-refractivity contribution in [2.24, 2.45) is 0 Å². The first-order valence-electron chi connectivity index (χ1n) is 7.69. The number of unbranched alkanes of at least 4 members (excludes halogenated alkanes) is 6. The molecule has 124 valence electrons. The summed E-state index contributed by atoms with van der Waals surface area (Å²) in [5, 5.41) is 17.2. The zero-order valence-corrected chi connectivity index (χ0v) is 12.9. The number of benzene rings is 1. The van der Waals surface area contributed by atoms with Crippen LogP contribution >= 0.6 is 0 Å². The lowest BCUT2D eigenvalue weighted by Crippen LogP contribution is -2.21. The van der Waals surface area contributed by atoms with Gasteiger partial charge in [-0.15, -0.1) is 0 Å². The molecule has 0 aromatic heterocycles. The van der Waals surface area contributed by atoms with E-state index in [1.165, 1.54) is 31.7 Å². The van der Waals surface area contributed by atoms with Crippen LogP contribution in [-0.2, 0) is 0 Å². The van der Waals surface area contributed by atoms with Gasteiger partial charge in [-0.3, -0.25) is 0 Å². The highest BCUT2D eigenvalue weighted by atomic mass is 19.2. The Morgan fingerprint density at radius 3 is 2.09 bits per heavy atom. The minimum Gasteiger partial charge on any atom is -0.509 e. The van der Waals surface area contributed by atoms with Gasteiger partial charge in [-0.05, 0) is 18.6 Å². The van der Waals surface area contributed by atoms with E-state index in [1.807, 2.05) is 0 Å². The predicted molar refractivity (Wildman–Crippen MR) is 80.7 cm³/mol. The van der Waals surface area contributed by atoms with Gasteiger partial charge in [0.25, 0.3) is 0 Å². The van der Waals surface area contributed by atoms with E-state index in [9.17, 15) is 8.78 Å². The van der Waals surface area contributed by atoms with Crippen molar-refractivity contribution in [3.8, 4) is 11.5 Å². The fourth-order valence-electron chi connectivity index (χ4n) is 2.07. The third-order valence-electron chi connectivity index (χ3n) is 3.25. The van der Waals surface area contributed by atoms with Gasteiger partial charge in [0.05, 0.1) is 6.61 Å². The van der Waals surface area contributed by atoms with E-state index in [2.05, 4.69) is 11.6 Å². The lowest BCUT2D eigenvalue weighted by molar-refractivity contribution is 0.268. The molecular weight excluding hydrogens is 293 g/mol. The Bertz CT molecular complexity index is 444. The Labute approximate surface area is 130 Å². The molecule has 0 amide bonds. The fourth-order valence-corrected chi connectivity index (χ4v) is 2.07. The third kappa shape index (κ3) is 6.62. The van der Waals surface area contributed by atoms with Crippen molar-refractivity contribution in [2.45, 2.75) is 51.9 Å². The highest BCUT2D eigenvalue weighted by Gasteiger charge is 2.20. The molecule has 1 aromatic rings. The molecule has 4 nitrogen and oxygen atoms in total. The zero-order valence-electron chi connectivity index (χ0n) is 12.9. The van der Waals surface area contributed by atoms with Crippen molar-refractivity contribution in [2.75, 3.05) is 6.61 Å². The topological polar surface area (TPSA) is 58.9 Å². The molecule has 0 heterocycles. The number of hydrogen-bond acceptors (Lipinski definition) is 4. The minimum absolute atomic E-state index is 0.205. The Balaban J connectivity index is 2.33. The van der Waals surface area contributed by atoms with Crippen molar-refractivity contribution in [3.63, 3.8) is 0 Å². The number of hydrogen-bond donors (Lipinski definition) is 2. The molecule has 22 heavy (non-hydrogen) atoms. The van der Waals surface area contributed by atoms with Gasteiger partial charge in [-0.25, -0.2) is 0 Å². The van der Waals surface area contributed by atoms with Crippen molar-refractivity contribution >= 4 is 7.32 Å². The highest BCUT2D eigenvalue weighted by molar-refractivity contribution is 6.33. The first-order chi connectivity index (χ1) is 10.6. The number of halogens is 2. The van der Waals surface area contributed by atoms with Crippen LogP contribution in [0.4, 0.5) is 8.78 Å². The summed E-state index contributed by atoms with van der Waals surface area (Å²) in [7, 11) is -2.20. The maximum atomic E-state index is 13.7.